The van der Waals surface area contributed by atoms with Crippen molar-refractivity contribution in [1.82, 2.24) is 4.72 Å². The van der Waals surface area contributed by atoms with Crippen molar-refractivity contribution < 1.29 is 17.9 Å². The summed E-state index contributed by atoms with van der Waals surface area (Å²) in [5, 5.41) is 0. The number of rotatable bonds is 7. The first kappa shape index (κ1) is 16.9. The number of sulfonamides is 1. The van der Waals surface area contributed by atoms with Crippen LogP contribution in [0.25, 0.3) is 0 Å². The molecule has 6 nitrogen and oxygen atoms in total. The third-order valence-corrected chi connectivity index (χ3v) is 4.41. The van der Waals surface area contributed by atoms with E-state index in [9.17, 15) is 8.42 Å². The minimum absolute atomic E-state index is 0.0846. The smallest absolute Gasteiger partial charge is 0.244 e. The molecule has 0 unspecified atom stereocenters. The topological polar surface area (TPSA) is 90.7 Å². The quantitative estimate of drug-likeness (QED) is 0.779. The first-order valence-corrected chi connectivity index (χ1v) is 7.64. The Morgan fingerprint density at radius 2 is 1.95 bits per heavy atom. The molecule has 3 N–H and O–H groups in total. The summed E-state index contributed by atoms with van der Waals surface area (Å²) in [4.78, 5) is 0.0846. The van der Waals surface area contributed by atoms with E-state index in [1.165, 1.54) is 20.3 Å². The monoisotopic (exact) mass is 302 g/mol. The van der Waals surface area contributed by atoms with E-state index in [1.807, 2.05) is 0 Å². The van der Waals surface area contributed by atoms with Crippen LogP contribution in [0.3, 0.4) is 0 Å². The van der Waals surface area contributed by atoms with Gasteiger partial charge >= 0.3 is 0 Å². The van der Waals surface area contributed by atoms with Gasteiger partial charge in [0.05, 0.1) is 19.3 Å². The van der Waals surface area contributed by atoms with E-state index in [0.717, 1.165) is 5.56 Å². The van der Waals surface area contributed by atoms with Gasteiger partial charge in [-0.3, -0.25) is 0 Å². The number of nitrogens with two attached hydrogens (primary N) is 1. The van der Waals surface area contributed by atoms with E-state index in [0.29, 0.717) is 6.54 Å². The molecule has 20 heavy (non-hydrogen) atoms. The van der Waals surface area contributed by atoms with Gasteiger partial charge in [-0.25, -0.2) is 13.1 Å². The highest BCUT2D eigenvalue weighted by molar-refractivity contribution is 7.89. The highest BCUT2D eigenvalue weighted by Gasteiger charge is 2.28. The van der Waals surface area contributed by atoms with Gasteiger partial charge in [0.1, 0.15) is 10.6 Å². The lowest BCUT2D eigenvalue weighted by Crippen LogP contribution is -2.46. The molecule has 0 saturated heterocycles. The summed E-state index contributed by atoms with van der Waals surface area (Å²) in [6, 6.07) is 4.78. The molecule has 114 valence electrons. The second-order valence-electron chi connectivity index (χ2n) is 5.11. The Morgan fingerprint density at radius 3 is 2.45 bits per heavy atom. The van der Waals surface area contributed by atoms with Crippen molar-refractivity contribution in [2.75, 3.05) is 20.8 Å². The van der Waals surface area contributed by atoms with Crippen LogP contribution in [0.5, 0.6) is 5.75 Å². The summed E-state index contributed by atoms with van der Waals surface area (Å²) in [7, 11) is -0.758. The van der Waals surface area contributed by atoms with E-state index in [1.54, 1.807) is 26.0 Å². The highest BCUT2D eigenvalue weighted by atomic mass is 32.2. The van der Waals surface area contributed by atoms with Crippen molar-refractivity contribution in [2.24, 2.45) is 5.73 Å². The molecule has 0 amide bonds. The van der Waals surface area contributed by atoms with Gasteiger partial charge in [0.2, 0.25) is 10.0 Å². The van der Waals surface area contributed by atoms with Crippen molar-refractivity contribution in [2.45, 2.75) is 30.8 Å². The summed E-state index contributed by atoms with van der Waals surface area (Å²) in [6.07, 6.45) is 0. The zero-order chi connectivity index (χ0) is 15.4. The van der Waals surface area contributed by atoms with Gasteiger partial charge in [-0.2, -0.15) is 0 Å². The van der Waals surface area contributed by atoms with Crippen LogP contribution in [0.4, 0.5) is 0 Å². The standard InChI is InChI=1S/C13H22N2O4S/c1-13(2,9-18-3)15-20(16,17)12-6-5-10(8-14)7-11(12)19-4/h5-7,15H,8-9,14H2,1-4H3. The van der Waals surface area contributed by atoms with Crippen molar-refractivity contribution in [1.29, 1.82) is 0 Å². The van der Waals surface area contributed by atoms with Gasteiger partial charge in [0, 0.05) is 13.7 Å². The molecule has 0 aliphatic heterocycles. The minimum atomic E-state index is -3.70. The van der Waals surface area contributed by atoms with Crippen molar-refractivity contribution in [3.63, 3.8) is 0 Å². The molecule has 0 heterocycles. The maximum atomic E-state index is 12.4. The molecule has 7 heteroatoms. The Morgan fingerprint density at radius 1 is 1.30 bits per heavy atom. The van der Waals surface area contributed by atoms with Crippen molar-refractivity contribution in [3.05, 3.63) is 23.8 Å². The molecule has 1 aromatic rings. The molecule has 0 spiro atoms. The Hall–Kier alpha value is -1.15. The molecule has 0 aromatic heterocycles. The van der Waals surface area contributed by atoms with Crippen LogP contribution in [0.2, 0.25) is 0 Å². The van der Waals surface area contributed by atoms with Crippen LogP contribution >= 0.6 is 0 Å². The Balaban J connectivity index is 3.15. The van der Waals surface area contributed by atoms with E-state index >= 15 is 0 Å². The maximum absolute atomic E-state index is 12.4. The maximum Gasteiger partial charge on any atom is 0.244 e. The lowest BCUT2D eigenvalue weighted by molar-refractivity contribution is 0.141. The molecule has 1 aromatic carbocycles. The number of benzene rings is 1. The molecular formula is C13H22N2O4S. The summed E-state index contributed by atoms with van der Waals surface area (Å²) < 4.78 is 37.6. The zero-order valence-electron chi connectivity index (χ0n) is 12.3. The Labute approximate surface area is 120 Å². The van der Waals surface area contributed by atoms with E-state index in [2.05, 4.69) is 4.72 Å². The predicted molar refractivity (Wildman–Crippen MR) is 77.2 cm³/mol. The molecule has 0 radical (unpaired) electrons. The van der Waals surface area contributed by atoms with Gasteiger partial charge in [-0.15, -0.1) is 0 Å². The van der Waals surface area contributed by atoms with Gasteiger partial charge < -0.3 is 15.2 Å². The summed E-state index contributed by atoms with van der Waals surface area (Å²) in [5.41, 5.74) is 5.62. The summed E-state index contributed by atoms with van der Waals surface area (Å²) in [5.74, 6) is 0.272. The summed E-state index contributed by atoms with van der Waals surface area (Å²) >= 11 is 0. The predicted octanol–water partition coefficient (Wildman–Crippen LogP) is 0.857. The van der Waals surface area contributed by atoms with Crippen LogP contribution in [-0.4, -0.2) is 34.8 Å². The van der Waals surface area contributed by atoms with Crippen molar-refractivity contribution >= 4 is 10.0 Å². The SMILES string of the molecule is COCC(C)(C)NS(=O)(=O)c1ccc(CN)cc1OC. The van der Waals surface area contributed by atoms with Gasteiger partial charge in [0.25, 0.3) is 0 Å². The molecule has 0 atom stereocenters. The highest BCUT2D eigenvalue weighted by Crippen LogP contribution is 2.26. The van der Waals surface area contributed by atoms with Gasteiger partial charge in [-0.05, 0) is 31.5 Å². The Bertz CT molecular complexity index is 555. The lowest BCUT2D eigenvalue weighted by Gasteiger charge is -2.25. The minimum Gasteiger partial charge on any atom is -0.495 e. The molecular weight excluding hydrogens is 280 g/mol. The van der Waals surface area contributed by atoms with Crippen LogP contribution < -0.4 is 15.2 Å². The van der Waals surface area contributed by atoms with Crippen LogP contribution in [-0.2, 0) is 21.3 Å². The number of hydrogen-bond acceptors (Lipinski definition) is 5. The van der Waals surface area contributed by atoms with E-state index < -0.39 is 15.6 Å². The molecule has 0 fully saturated rings. The van der Waals surface area contributed by atoms with Crippen LogP contribution in [0.1, 0.15) is 19.4 Å². The fourth-order valence-corrected chi connectivity index (χ4v) is 3.42. The third-order valence-electron chi connectivity index (χ3n) is 2.67. The first-order valence-electron chi connectivity index (χ1n) is 6.15. The number of nitrogens with one attached hydrogen (secondary N) is 1. The second kappa shape index (κ2) is 6.53. The number of ether oxygens (including phenoxy) is 2. The largest absolute Gasteiger partial charge is 0.495 e. The molecule has 1 rings (SSSR count). The fraction of sp³-hybridized carbons (Fsp3) is 0.538. The normalized spacial score (nSPS) is 12.4. The third kappa shape index (κ3) is 4.17. The van der Waals surface area contributed by atoms with E-state index in [4.69, 9.17) is 15.2 Å². The zero-order valence-corrected chi connectivity index (χ0v) is 13.1. The summed E-state index contributed by atoms with van der Waals surface area (Å²) in [6.45, 7) is 4.07. The van der Waals surface area contributed by atoms with Gasteiger partial charge in [0.15, 0.2) is 0 Å². The van der Waals surface area contributed by atoms with Crippen molar-refractivity contribution in [3.8, 4) is 5.75 Å². The lowest BCUT2D eigenvalue weighted by atomic mass is 10.1. The van der Waals surface area contributed by atoms with E-state index in [-0.39, 0.29) is 17.3 Å². The number of methoxy groups -OCH3 is 2. The Kier molecular flexibility index (Phi) is 5.52. The molecule has 0 saturated carbocycles. The number of hydrogen-bond donors (Lipinski definition) is 2. The van der Waals surface area contributed by atoms with Gasteiger partial charge in [-0.1, -0.05) is 6.07 Å². The molecule has 0 aliphatic rings. The second-order valence-corrected chi connectivity index (χ2v) is 6.76. The average Bonchev–Trinajstić information content (AvgIpc) is 2.36. The molecule has 0 bridgehead atoms. The first-order chi connectivity index (χ1) is 9.25. The van der Waals surface area contributed by atoms with Crippen LogP contribution in [0, 0.1) is 0 Å². The molecule has 0 aliphatic carbocycles. The average molecular weight is 302 g/mol. The van der Waals surface area contributed by atoms with Crippen LogP contribution in [0.15, 0.2) is 23.1 Å². The fourth-order valence-electron chi connectivity index (χ4n) is 1.87.